The van der Waals surface area contributed by atoms with Crippen molar-refractivity contribution in [2.24, 2.45) is 0 Å². The normalized spacial score (nSPS) is 11.3. The molecule has 0 spiro atoms. The molecule has 0 heterocycles. The van der Waals surface area contributed by atoms with Crippen molar-refractivity contribution < 1.29 is 18.0 Å². The summed E-state index contributed by atoms with van der Waals surface area (Å²) in [5.41, 5.74) is 2.70. The average Bonchev–Trinajstić information content (AvgIpc) is 2.58. The summed E-state index contributed by atoms with van der Waals surface area (Å²) in [6.07, 6.45) is 0. The number of sulfonamides is 1. The third-order valence-corrected chi connectivity index (χ3v) is 5.81. The highest BCUT2D eigenvalue weighted by molar-refractivity contribution is 7.89. The summed E-state index contributed by atoms with van der Waals surface area (Å²) in [5.74, 6) is -0.336. The van der Waals surface area contributed by atoms with Gasteiger partial charge in [-0.1, -0.05) is 29.8 Å². The van der Waals surface area contributed by atoms with Crippen LogP contribution < -0.4 is 9.62 Å². The number of Topliss-reactive ketones (excluding diaryl/α,β-unsaturated/α-hetero) is 1. The number of carbonyl (C=O) groups excluding carboxylic acids is 2. The van der Waals surface area contributed by atoms with Crippen molar-refractivity contribution in [3.8, 4) is 0 Å². The first-order chi connectivity index (χ1) is 12.6. The smallest absolute Gasteiger partial charge is 0.240 e. The summed E-state index contributed by atoms with van der Waals surface area (Å²) < 4.78 is 27.6. The van der Waals surface area contributed by atoms with Crippen LogP contribution in [-0.2, 0) is 14.8 Å². The fourth-order valence-electron chi connectivity index (χ4n) is 2.83. The molecule has 0 aliphatic carbocycles. The number of carbonyl (C=O) groups is 2. The van der Waals surface area contributed by atoms with E-state index in [0.717, 1.165) is 5.56 Å². The van der Waals surface area contributed by atoms with Crippen molar-refractivity contribution in [1.82, 2.24) is 4.72 Å². The topological polar surface area (TPSA) is 83.6 Å². The SMILES string of the molecule is CC(=O)c1cccc(N(CCNS(=O)(=O)c2ccc(C)cc2C)C(C)=O)c1. The lowest BCUT2D eigenvalue weighted by Crippen LogP contribution is -2.37. The van der Waals surface area contributed by atoms with Crippen molar-refractivity contribution in [3.63, 3.8) is 0 Å². The Morgan fingerprint density at radius 3 is 2.33 bits per heavy atom. The molecular formula is C20H24N2O4S. The van der Waals surface area contributed by atoms with Crippen LogP contribution in [-0.4, -0.2) is 33.2 Å². The first-order valence-corrected chi connectivity index (χ1v) is 10.1. The maximum atomic E-state index is 12.5. The zero-order valence-corrected chi connectivity index (χ0v) is 16.8. The molecular weight excluding hydrogens is 364 g/mol. The molecule has 2 rings (SSSR count). The predicted octanol–water partition coefficient (Wildman–Crippen LogP) is 2.84. The van der Waals surface area contributed by atoms with E-state index in [4.69, 9.17) is 0 Å². The zero-order chi connectivity index (χ0) is 20.2. The van der Waals surface area contributed by atoms with E-state index in [1.165, 1.54) is 18.7 Å². The largest absolute Gasteiger partial charge is 0.311 e. The molecule has 0 saturated heterocycles. The number of anilines is 1. The van der Waals surface area contributed by atoms with Gasteiger partial charge in [0, 0.05) is 31.3 Å². The molecule has 0 bridgehead atoms. The van der Waals surface area contributed by atoms with Gasteiger partial charge in [0.05, 0.1) is 4.90 Å². The van der Waals surface area contributed by atoms with E-state index in [0.29, 0.717) is 16.8 Å². The Labute approximate surface area is 160 Å². The molecule has 0 aromatic heterocycles. The Morgan fingerprint density at radius 1 is 1.04 bits per heavy atom. The fraction of sp³-hybridized carbons (Fsp3) is 0.300. The minimum Gasteiger partial charge on any atom is -0.311 e. The molecule has 1 amide bonds. The van der Waals surface area contributed by atoms with E-state index in [1.54, 1.807) is 43.3 Å². The number of aryl methyl sites for hydroxylation is 2. The highest BCUT2D eigenvalue weighted by Crippen LogP contribution is 2.18. The molecule has 0 atom stereocenters. The Kier molecular flexibility index (Phi) is 6.51. The van der Waals surface area contributed by atoms with Gasteiger partial charge < -0.3 is 4.90 Å². The Bertz CT molecular complexity index is 968. The predicted molar refractivity (Wildman–Crippen MR) is 106 cm³/mol. The number of ketones is 1. The summed E-state index contributed by atoms with van der Waals surface area (Å²) in [4.78, 5) is 25.2. The van der Waals surface area contributed by atoms with Crippen LogP contribution in [0.5, 0.6) is 0 Å². The summed E-state index contributed by atoms with van der Waals surface area (Å²) in [5, 5.41) is 0. The molecule has 7 heteroatoms. The second-order valence-electron chi connectivity index (χ2n) is 6.44. The van der Waals surface area contributed by atoms with Gasteiger partial charge in [0.15, 0.2) is 5.78 Å². The summed E-state index contributed by atoms with van der Waals surface area (Å²) in [6, 6.07) is 11.8. The van der Waals surface area contributed by atoms with Crippen LogP contribution in [0.25, 0.3) is 0 Å². The third kappa shape index (κ3) is 5.24. The van der Waals surface area contributed by atoms with Crippen molar-refractivity contribution in [3.05, 3.63) is 59.2 Å². The zero-order valence-electron chi connectivity index (χ0n) is 15.9. The second-order valence-corrected chi connectivity index (χ2v) is 8.18. The molecule has 0 unspecified atom stereocenters. The van der Waals surface area contributed by atoms with Crippen LogP contribution in [0, 0.1) is 13.8 Å². The quantitative estimate of drug-likeness (QED) is 0.739. The first kappa shape index (κ1) is 20.8. The Balaban J connectivity index is 2.14. The van der Waals surface area contributed by atoms with Crippen molar-refractivity contribution in [2.45, 2.75) is 32.6 Å². The molecule has 0 aliphatic rings. The van der Waals surface area contributed by atoms with Crippen LogP contribution in [0.15, 0.2) is 47.4 Å². The van der Waals surface area contributed by atoms with Gasteiger partial charge in [0.25, 0.3) is 0 Å². The average molecular weight is 388 g/mol. The van der Waals surface area contributed by atoms with E-state index in [1.807, 2.05) is 13.0 Å². The lowest BCUT2D eigenvalue weighted by molar-refractivity contribution is -0.116. The number of amides is 1. The van der Waals surface area contributed by atoms with E-state index in [2.05, 4.69) is 4.72 Å². The number of hydrogen-bond acceptors (Lipinski definition) is 4. The van der Waals surface area contributed by atoms with Gasteiger partial charge in [-0.15, -0.1) is 0 Å². The fourth-order valence-corrected chi connectivity index (χ4v) is 4.08. The van der Waals surface area contributed by atoms with Gasteiger partial charge in [-0.2, -0.15) is 0 Å². The molecule has 0 radical (unpaired) electrons. The lowest BCUT2D eigenvalue weighted by Gasteiger charge is -2.22. The summed E-state index contributed by atoms with van der Waals surface area (Å²) in [7, 11) is -3.67. The first-order valence-electron chi connectivity index (χ1n) is 8.58. The number of hydrogen-bond donors (Lipinski definition) is 1. The molecule has 27 heavy (non-hydrogen) atoms. The molecule has 0 aliphatic heterocycles. The second kappa shape index (κ2) is 8.45. The number of benzene rings is 2. The van der Waals surface area contributed by atoms with Crippen LogP contribution in [0.2, 0.25) is 0 Å². The minimum absolute atomic E-state index is 0.0551. The third-order valence-electron chi connectivity index (χ3n) is 4.19. The molecule has 0 fully saturated rings. The monoisotopic (exact) mass is 388 g/mol. The van der Waals surface area contributed by atoms with Gasteiger partial charge in [-0.3, -0.25) is 9.59 Å². The maximum absolute atomic E-state index is 12.5. The highest BCUT2D eigenvalue weighted by Gasteiger charge is 2.18. The number of nitrogens with zero attached hydrogens (tertiary/aromatic N) is 1. The van der Waals surface area contributed by atoms with E-state index >= 15 is 0 Å². The summed E-state index contributed by atoms with van der Waals surface area (Å²) in [6.45, 7) is 6.71. The number of rotatable bonds is 7. The molecule has 0 saturated carbocycles. The van der Waals surface area contributed by atoms with Crippen molar-refractivity contribution in [2.75, 3.05) is 18.0 Å². The van der Waals surface area contributed by atoms with E-state index < -0.39 is 10.0 Å². The van der Waals surface area contributed by atoms with Gasteiger partial charge in [-0.25, -0.2) is 13.1 Å². The molecule has 2 aromatic carbocycles. The van der Waals surface area contributed by atoms with Crippen LogP contribution in [0.1, 0.15) is 35.3 Å². The molecule has 2 aromatic rings. The highest BCUT2D eigenvalue weighted by atomic mass is 32.2. The molecule has 6 nitrogen and oxygen atoms in total. The Hall–Kier alpha value is -2.51. The molecule has 144 valence electrons. The van der Waals surface area contributed by atoms with Gasteiger partial charge in [-0.05, 0) is 44.5 Å². The van der Waals surface area contributed by atoms with E-state index in [9.17, 15) is 18.0 Å². The number of nitrogens with one attached hydrogen (secondary N) is 1. The maximum Gasteiger partial charge on any atom is 0.240 e. The van der Waals surface area contributed by atoms with Crippen molar-refractivity contribution >= 4 is 27.4 Å². The van der Waals surface area contributed by atoms with E-state index in [-0.39, 0.29) is 29.7 Å². The van der Waals surface area contributed by atoms with Crippen LogP contribution >= 0.6 is 0 Å². The molecule has 1 N–H and O–H groups in total. The standard InChI is InChI=1S/C20H24N2O4S/c1-14-8-9-20(15(2)12-14)27(25,26)21-10-11-22(17(4)24)19-7-5-6-18(13-19)16(3)23/h5-9,12-13,21H,10-11H2,1-4H3. The van der Waals surface area contributed by atoms with Gasteiger partial charge >= 0.3 is 0 Å². The van der Waals surface area contributed by atoms with Gasteiger partial charge in [0.1, 0.15) is 0 Å². The Morgan fingerprint density at radius 2 is 1.74 bits per heavy atom. The lowest BCUT2D eigenvalue weighted by atomic mass is 10.1. The van der Waals surface area contributed by atoms with Crippen LogP contribution in [0.3, 0.4) is 0 Å². The minimum atomic E-state index is -3.67. The van der Waals surface area contributed by atoms with Crippen LogP contribution in [0.4, 0.5) is 5.69 Å². The van der Waals surface area contributed by atoms with Gasteiger partial charge in [0.2, 0.25) is 15.9 Å². The van der Waals surface area contributed by atoms with Crippen molar-refractivity contribution in [1.29, 1.82) is 0 Å². The summed E-state index contributed by atoms with van der Waals surface area (Å²) >= 11 is 0.